The highest BCUT2D eigenvalue weighted by Gasteiger charge is 2.35. The number of anilines is 3. The highest BCUT2D eigenvalue weighted by Crippen LogP contribution is 2.32. The third kappa shape index (κ3) is 7.54. The number of amides is 1. The molecule has 0 aliphatic carbocycles. The molecule has 3 aromatic rings. The number of nitrogens with zero attached hydrogens (tertiary/aromatic N) is 5. The summed E-state index contributed by atoms with van der Waals surface area (Å²) in [5.41, 5.74) is 3.07. The van der Waals surface area contributed by atoms with Crippen LogP contribution in [-0.4, -0.2) is 101 Å². The van der Waals surface area contributed by atoms with Crippen LogP contribution in [0, 0.1) is 11.6 Å². The van der Waals surface area contributed by atoms with Crippen LogP contribution in [0.4, 0.5) is 30.8 Å². The molecule has 1 amide bonds. The minimum absolute atomic E-state index is 0.00458. The number of nitrogens with one attached hydrogen (secondary N) is 2. The van der Waals surface area contributed by atoms with Gasteiger partial charge in [-0.15, -0.1) is 9.40 Å². The highest BCUT2D eigenvalue weighted by atomic mass is 32.2. The smallest absolute Gasteiger partial charge is 0.434 e. The Morgan fingerprint density at radius 2 is 1.79 bits per heavy atom. The minimum Gasteiger partial charge on any atom is -0.593 e. The number of aromatic nitrogens is 2. The summed E-state index contributed by atoms with van der Waals surface area (Å²) in [4.78, 5) is 31.4. The van der Waals surface area contributed by atoms with Gasteiger partial charge < -0.3 is 34.5 Å². The van der Waals surface area contributed by atoms with Gasteiger partial charge in [-0.05, 0) is 45.0 Å². The number of carbonyl (C=O) groups excluding carboxylic acids is 2. The van der Waals surface area contributed by atoms with E-state index in [2.05, 4.69) is 32.6 Å². The fraction of sp³-hybridized carbons (Fsp3) is 0.469. The summed E-state index contributed by atoms with van der Waals surface area (Å²) < 4.78 is 54.7. The van der Waals surface area contributed by atoms with Gasteiger partial charge in [-0.2, -0.15) is 4.68 Å². The molecule has 0 spiro atoms. The van der Waals surface area contributed by atoms with Crippen molar-refractivity contribution in [3.05, 3.63) is 64.9 Å². The summed E-state index contributed by atoms with van der Waals surface area (Å²) in [6.07, 6.45) is 1.14. The average molecular weight is 672 g/mol. The van der Waals surface area contributed by atoms with Crippen molar-refractivity contribution in [1.82, 2.24) is 19.0 Å². The number of rotatable bonds is 8. The van der Waals surface area contributed by atoms with E-state index in [0.29, 0.717) is 35.7 Å². The molecule has 1 unspecified atom stereocenters. The zero-order valence-electron chi connectivity index (χ0n) is 26.5. The number of hydrogen-bond acceptors (Lipinski definition) is 10. The van der Waals surface area contributed by atoms with E-state index in [1.807, 2.05) is 12.1 Å². The van der Waals surface area contributed by atoms with Crippen LogP contribution < -0.4 is 15.5 Å². The van der Waals surface area contributed by atoms with E-state index in [1.165, 1.54) is 4.31 Å². The lowest BCUT2D eigenvalue weighted by atomic mass is 10.1. The number of piperazine rings is 1. The first-order chi connectivity index (χ1) is 22.7. The summed E-state index contributed by atoms with van der Waals surface area (Å²) in [6, 6.07) is 8.63. The van der Waals surface area contributed by atoms with Crippen molar-refractivity contribution in [2.75, 3.05) is 75.1 Å². The third-order valence-electron chi connectivity index (χ3n) is 8.66. The van der Waals surface area contributed by atoms with Crippen LogP contribution in [0.2, 0.25) is 0 Å². The number of halogens is 2. The monoisotopic (exact) mass is 671 g/mol. The second kappa shape index (κ2) is 14.6. The van der Waals surface area contributed by atoms with Gasteiger partial charge in [0.15, 0.2) is 10.7 Å². The van der Waals surface area contributed by atoms with Crippen LogP contribution in [0.1, 0.15) is 41.4 Å². The van der Waals surface area contributed by atoms with E-state index in [1.54, 1.807) is 13.0 Å². The van der Waals surface area contributed by atoms with E-state index < -0.39 is 35.0 Å². The fourth-order valence-electron chi connectivity index (χ4n) is 6.10. The topological polar surface area (TPSA) is 127 Å². The van der Waals surface area contributed by atoms with E-state index in [-0.39, 0.29) is 42.9 Å². The zero-order chi connectivity index (χ0) is 33.1. The Morgan fingerprint density at radius 3 is 2.49 bits per heavy atom. The summed E-state index contributed by atoms with van der Waals surface area (Å²) in [5, 5.41) is 10.9. The summed E-state index contributed by atoms with van der Waals surface area (Å²) in [7, 11) is 2.10. The van der Waals surface area contributed by atoms with E-state index in [0.717, 1.165) is 67.6 Å². The molecule has 47 heavy (non-hydrogen) atoms. The number of ether oxygens (including phenoxy) is 2. The molecule has 1 aromatic heterocycles. The van der Waals surface area contributed by atoms with Crippen molar-refractivity contribution in [3.8, 4) is 0 Å². The average Bonchev–Trinajstić information content (AvgIpc) is 3.42. The molecule has 3 aliphatic rings. The van der Waals surface area contributed by atoms with E-state index >= 15 is 0 Å². The number of benzene rings is 2. The molecule has 3 aliphatic heterocycles. The second-order valence-electron chi connectivity index (χ2n) is 11.9. The molecule has 6 rings (SSSR count). The zero-order valence-corrected chi connectivity index (χ0v) is 27.3. The van der Waals surface area contributed by atoms with E-state index in [9.17, 15) is 22.9 Å². The molecule has 4 heterocycles. The van der Waals surface area contributed by atoms with Crippen LogP contribution in [0.5, 0.6) is 0 Å². The molecule has 15 heteroatoms. The summed E-state index contributed by atoms with van der Waals surface area (Å²) in [5.74, 6) is -1.99. The van der Waals surface area contributed by atoms with Crippen LogP contribution in [-0.2, 0) is 33.8 Å². The SMILES string of the molecule is CCOC(=O)n1nc(NC(=O)c2ccc(N3CCN(C)CC3)cc2NC2CCOCC2)c2c1CCN([S+]([O-])c1cc(F)cc(F)c1)C2. The number of likely N-dealkylation sites (N-methyl/N-ethyl adjacent to an activating group) is 1. The van der Waals surface area contributed by atoms with Crippen LogP contribution in [0.15, 0.2) is 41.3 Å². The molecule has 0 saturated carbocycles. The maximum absolute atomic E-state index is 14.0. The molecular weight excluding hydrogens is 632 g/mol. The normalized spacial score (nSPS) is 18.4. The first kappa shape index (κ1) is 33.2. The number of carbonyl (C=O) groups is 2. The number of hydrogen-bond donors (Lipinski definition) is 2. The van der Waals surface area contributed by atoms with Gasteiger partial charge >= 0.3 is 6.09 Å². The maximum Gasteiger partial charge on any atom is 0.434 e. The van der Waals surface area contributed by atoms with E-state index in [4.69, 9.17) is 9.47 Å². The Labute approximate surface area is 275 Å². The van der Waals surface area contributed by atoms with Crippen molar-refractivity contribution < 1.29 is 32.4 Å². The van der Waals surface area contributed by atoms with Gasteiger partial charge in [0.1, 0.15) is 11.6 Å². The summed E-state index contributed by atoms with van der Waals surface area (Å²) in [6.45, 7) is 6.91. The molecule has 1 atom stereocenters. The predicted molar refractivity (Wildman–Crippen MR) is 173 cm³/mol. The maximum atomic E-state index is 14.0. The van der Waals surface area contributed by atoms with Crippen LogP contribution in [0.3, 0.4) is 0 Å². The first-order valence-electron chi connectivity index (χ1n) is 15.8. The fourth-order valence-corrected chi connectivity index (χ4v) is 7.33. The molecule has 0 radical (unpaired) electrons. The first-order valence-corrected chi connectivity index (χ1v) is 16.9. The lowest BCUT2D eigenvalue weighted by molar-refractivity contribution is 0.0904. The van der Waals surface area contributed by atoms with Crippen molar-refractivity contribution in [3.63, 3.8) is 0 Å². The predicted octanol–water partition coefficient (Wildman–Crippen LogP) is 3.84. The Morgan fingerprint density at radius 1 is 1.06 bits per heavy atom. The number of fused-ring (bicyclic) bond motifs is 1. The third-order valence-corrected chi connectivity index (χ3v) is 10.1. The molecule has 2 N–H and O–H groups in total. The van der Waals surface area contributed by atoms with Gasteiger partial charge in [0.25, 0.3) is 5.91 Å². The van der Waals surface area contributed by atoms with Gasteiger partial charge in [-0.25, -0.2) is 13.6 Å². The Kier molecular flexibility index (Phi) is 10.3. The highest BCUT2D eigenvalue weighted by molar-refractivity contribution is 7.89. The standard InChI is InChI=1S/C32H39F2N7O5S/c1-3-46-32(43)41-29-6-9-40(47(44)25-17-21(33)16-22(34)18-25)20-27(29)30(37-41)36-31(42)26-5-4-24(39-12-10-38(2)11-13-39)19-28(26)35-23-7-14-45-15-8-23/h4-5,16-19,23,35H,3,6-15,20H2,1-2H3,(H,36,37,42). The quantitative estimate of drug-likeness (QED) is 0.341. The molecular formula is C32H39F2N7O5S. The van der Waals surface area contributed by atoms with Crippen LogP contribution >= 0.6 is 0 Å². The molecule has 252 valence electrons. The molecule has 12 nitrogen and oxygen atoms in total. The van der Waals surface area contributed by atoms with Crippen molar-refractivity contribution in [2.45, 2.75) is 43.7 Å². The van der Waals surface area contributed by atoms with Gasteiger partial charge in [-0.3, -0.25) is 4.79 Å². The van der Waals surface area contributed by atoms with Crippen LogP contribution in [0.25, 0.3) is 0 Å². The minimum atomic E-state index is -1.92. The summed E-state index contributed by atoms with van der Waals surface area (Å²) >= 11 is -1.92. The van der Waals surface area contributed by atoms with Gasteiger partial charge in [0, 0.05) is 87.0 Å². The Bertz CT molecular complexity index is 1590. The molecule has 2 aromatic carbocycles. The van der Waals surface area contributed by atoms with Crippen molar-refractivity contribution >= 4 is 40.6 Å². The van der Waals surface area contributed by atoms with Gasteiger partial charge in [-0.1, -0.05) is 0 Å². The van der Waals surface area contributed by atoms with Crippen molar-refractivity contribution in [2.24, 2.45) is 0 Å². The Balaban J connectivity index is 1.30. The second-order valence-corrected chi connectivity index (χ2v) is 13.3. The largest absolute Gasteiger partial charge is 0.593 e. The molecule has 2 saturated heterocycles. The van der Waals surface area contributed by atoms with Gasteiger partial charge in [0.2, 0.25) is 0 Å². The van der Waals surface area contributed by atoms with Gasteiger partial charge in [0.05, 0.1) is 42.3 Å². The van der Waals surface area contributed by atoms with Crippen molar-refractivity contribution in [1.29, 1.82) is 0 Å². The Hall–Kier alpha value is -3.76. The lowest BCUT2D eigenvalue weighted by Gasteiger charge is -2.34. The lowest BCUT2D eigenvalue weighted by Crippen LogP contribution is -2.44. The molecule has 0 bridgehead atoms. The molecule has 2 fully saturated rings.